The Morgan fingerprint density at radius 3 is 2.15 bits per heavy atom. The molecular weight excluding hydrogens is 342 g/mol. The van der Waals surface area contributed by atoms with Crippen molar-refractivity contribution in [1.82, 2.24) is 0 Å². The van der Waals surface area contributed by atoms with Gasteiger partial charge >= 0.3 is 11.9 Å². The third-order valence-corrected chi connectivity index (χ3v) is 4.57. The molecule has 26 heavy (non-hydrogen) atoms. The summed E-state index contributed by atoms with van der Waals surface area (Å²) in [4.78, 5) is 25.0. The lowest BCUT2D eigenvalue weighted by atomic mass is 9.82. The van der Waals surface area contributed by atoms with Crippen LogP contribution in [0.2, 0.25) is 0 Å². The Morgan fingerprint density at radius 1 is 0.923 bits per heavy atom. The highest BCUT2D eigenvalue weighted by molar-refractivity contribution is 5.99. The lowest BCUT2D eigenvalue weighted by molar-refractivity contribution is -0.174. The monoisotopic (exact) mass is 370 g/mol. The number of hydrogen-bond donors (Lipinski definition) is 0. The fourth-order valence-corrected chi connectivity index (χ4v) is 2.66. The van der Waals surface area contributed by atoms with Crippen LogP contribution in [0, 0.1) is 17.0 Å². The first kappa shape index (κ1) is 22.1. The molecule has 0 aliphatic carbocycles. The molecule has 0 radical (unpaired) electrons. The summed E-state index contributed by atoms with van der Waals surface area (Å²) in [7, 11) is 0. The van der Waals surface area contributed by atoms with Crippen molar-refractivity contribution in [1.29, 1.82) is 0 Å². The van der Waals surface area contributed by atoms with Crippen LogP contribution in [0.4, 0.5) is 8.78 Å². The summed E-state index contributed by atoms with van der Waals surface area (Å²) in [5, 5.41) is 0. The summed E-state index contributed by atoms with van der Waals surface area (Å²) in [6, 6.07) is 3.27. The Labute approximate surface area is 153 Å². The number of halogens is 2. The molecule has 0 unspecified atom stereocenters. The van der Waals surface area contributed by atoms with Crippen LogP contribution in [-0.4, -0.2) is 18.5 Å². The number of rotatable bonds is 11. The molecule has 0 amide bonds. The minimum absolute atomic E-state index is 0.235. The van der Waals surface area contributed by atoms with Gasteiger partial charge in [0.1, 0.15) is 6.61 Å². The van der Waals surface area contributed by atoms with Crippen molar-refractivity contribution in [3.05, 3.63) is 35.4 Å². The molecule has 1 rings (SSSR count). The highest BCUT2D eigenvalue weighted by Crippen LogP contribution is 2.30. The number of unbranched alkanes of at least 4 members (excludes halogenated alkanes) is 3. The van der Waals surface area contributed by atoms with Gasteiger partial charge in [-0.1, -0.05) is 46.1 Å². The minimum atomic E-state index is -1.37. The highest BCUT2D eigenvalue weighted by Gasteiger charge is 2.45. The van der Waals surface area contributed by atoms with Crippen LogP contribution in [0.5, 0.6) is 0 Å². The van der Waals surface area contributed by atoms with E-state index in [9.17, 15) is 18.4 Å². The van der Waals surface area contributed by atoms with Crippen molar-refractivity contribution in [2.75, 3.05) is 6.61 Å². The summed E-state index contributed by atoms with van der Waals surface area (Å²) in [6.45, 7) is 5.58. The topological polar surface area (TPSA) is 52.6 Å². The van der Waals surface area contributed by atoms with Crippen LogP contribution in [0.3, 0.4) is 0 Å². The molecule has 0 bridgehead atoms. The van der Waals surface area contributed by atoms with E-state index < -0.39 is 29.0 Å². The number of carbonyl (C=O) groups is 2. The third kappa shape index (κ3) is 5.78. The third-order valence-electron chi connectivity index (χ3n) is 4.57. The Morgan fingerprint density at radius 2 is 1.58 bits per heavy atom. The molecule has 0 saturated carbocycles. The maximum atomic E-state index is 13.2. The van der Waals surface area contributed by atoms with Crippen molar-refractivity contribution < 1.29 is 27.8 Å². The average molecular weight is 370 g/mol. The van der Waals surface area contributed by atoms with Gasteiger partial charge in [-0.05, 0) is 37.0 Å². The van der Waals surface area contributed by atoms with E-state index in [1.165, 1.54) is 6.07 Å². The second-order valence-corrected chi connectivity index (χ2v) is 6.31. The molecular formula is C20H28F2O4. The molecule has 0 aliphatic rings. The number of esters is 2. The Hall–Kier alpha value is -1.98. The summed E-state index contributed by atoms with van der Waals surface area (Å²) in [5.41, 5.74) is -1.06. The zero-order valence-corrected chi connectivity index (χ0v) is 15.8. The van der Waals surface area contributed by atoms with Gasteiger partial charge < -0.3 is 9.47 Å². The molecule has 0 atom stereocenters. The molecule has 0 fully saturated rings. The van der Waals surface area contributed by atoms with Crippen molar-refractivity contribution in [3.8, 4) is 0 Å². The fourth-order valence-electron chi connectivity index (χ4n) is 2.66. The van der Waals surface area contributed by atoms with E-state index in [4.69, 9.17) is 9.47 Å². The quantitative estimate of drug-likeness (QED) is 0.315. The largest absolute Gasteiger partial charge is 0.465 e. The summed E-state index contributed by atoms with van der Waals surface area (Å²) in [5.74, 6) is -3.27. The van der Waals surface area contributed by atoms with Gasteiger partial charge in [0, 0.05) is 0 Å². The average Bonchev–Trinajstić information content (AvgIpc) is 2.64. The number of carbonyl (C=O) groups excluding carboxylic acids is 2. The van der Waals surface area contributed by atoms with Gasteiger partial charge in [-0.25, -0.2) is 8.78 Å². The molecule has 0 saturated heterocycles. The molecule has 1 aromatic carbocycles. The van der Waals surface area contributed by atoms with E-state index in [2.05, 4.69) is 6.92 Å². The highest BCUT2D eigenvalue weighted by atomic mass is 19.2. The molecule has 0 N–H and O–H groups in total. The van der Waals surface area contributed by atoms with E-state index in [1.807, 2.05) is 0 Å². The molecule has 6 heteroatoms. The first-order chi connectivity index (χ1) is 12.4. The smallest absolute Gasteiger partial charge is 0.323 e. The summed E-state index contributed by atoms with van der Waals surface area (Å²) >= 11 is 0. The van der Waals surface area contributed by atoms with Crippen LogP contribution < -0.4 is 0 Å². The van der Waals surface area contributed by atoms with Crippen LogP contribution in [-0.2, 0) is 25.7 Å². The van der Waals surface area contributed by atoms with E-state index >= 15 is 0 Å². The van der Waals surface area contributed by atoms with Gasteiger partial charge in [0.2, 0.25) is 0 Å². The normalized spacial score (nSPS) is 11.3. The van der Waals surface area contributed by atoms with Gasteiger partial charge in [-0.15, -0.1) is 0 Å². The van der Waals surface area contributed by atoms with Crippen LogP contribution in [0.15, 0.2) is 18.2 Å². The standard InChI is InChI=1S/C20H28F2O4/c1-4-7-8-9-12-25-18(23)20(5-2,6-3)19(24)26-14-15-10-11-16(21)17(22)13-15/h10-11,13H,4-9,12,14H2,1-3H3. The van der Waals surface area contributed by atoms with Crippen molar-refractivity contribution >= 4 is 11.9 Å². The summed E-state index contributed by atoms with van der Waals surface area (Å²) < 4.78 is 36.7. The van der Waals surface area contributed by atoms with Crippen LogP contribution >= 0.6 is 0 Å². The maximum absolute atomic E-state index is 13.2. The van der Waals surface area contributed by atoms with E-state index in [0.29, 0.717) is 5.56 Å². The van der Waals surface area contributed by atoms with E-state index in [0.717, 1.165) is 37.8 Å². The molecule has 0 aliphatic heterocycles. The second-order valence-electron chi connectivity index (χ2n) is 6.31. The maximum Gasteiger partial charge on any atom is 0.323 e. The lowest BCUT2D eigenvalue weighted by Crippen LogP contribution is -2.41. The Bertz CT molecular complexity index is 597. The molecule has 1 aromatic rings. The molecule has 0 heterocycles. The van der Waals surface area contributed by atoms with E-state index in [1.54, 1.807) is 13.8 Å². The zero-order valence-electron chi connectivity index (χ0n) is 15.8. The predicted octanol–water partition coefficient (Wildman–Crippen LogP) is 4.94. The lowest BCUT2D eigenvalue weighted by Gasteiger charge is -2.27. The first-order valence-corrected chi connectivity index (χ1v) is 9.19. The number of benzene rings is 1. The van der Waals surface area contributed by atoms with Gasteiger partial charge in [0.05, 0.1) is 6.61 Å². The Kier molecular flexibility index (Phi) is 9.24. The van der Waals surface area contributed by atoms with Crippen molar-refractivity contribution in [3.63, 3.8) is 0 Å². The zero-order chi connectivity index (χ0) is 19.6. The molecule has 4 nitrogen and oxygen atoms in total. The fraction of sp³-hybridized carbons (Fsp3) is 0.600. The number of hydrogen-bond acceptors (Lipinski definition) is 4. The summed E-state index contributed by atoms with van der Waals surface area (Å²) in [6.07, 6.45) is 4.36. The van der Waals surface area contributed by atoms with Crippen LogP contribution in [0.1, 0.15) is 64.9 Å². The van der Waals surface area contributed by atoms with E-state index in [-0.39, 0.29) is 26.1 Å². The first-order valence-electron chi connectivity index (χ1n) is 9.19. The Balaban J connectivity index is 2.68. The second kappa shape index (κ2) is 10.9. The molecule has 146 valence electrons. The van der Waals surface area contributed by atoms with Crippen LogP contribution in [0.25, 0.3) is 0 Å². The molecule has 0 aromatic heterocycles. The van der Waals surface area contributed by atoms with Gasteiger partial charge in [0.15, 0.2) is 17.0 Å². The van der Waals surface area contributed by atoms with Gasteiger partial charge in [-0.2, -0.15) is 0 Å². The van der Waals surface area contributed by atoms with Gasteiger partial charge in [0.25, 0.3) is 0 Å². The van der Waals surface area contributed by atoms with Gasteiger partial charge in [-0.3, -0.25) is 9.59 Å². The predicted molar refractivity (Wildman–Crippen MR) is 94.3 cm³/mol. The van der Waals surface area contributed by atoms with Crippen molar-refractivity contribution in [2.45, 2.75) is 65.9 Å². The number of ether oxygens (including phenoxy) is 2. The minimum Gasteiger partial charge on any atom is -0.465 e. The SMILES string of the molecule is CCCCCCOC(=O)C(CC)(CC)C(=O)OCc1ccc(F)c(F)c1. The molecule has 0 spiro atoms. The van der Waals surface area contributed by atoms with Crippen molar-refractivity contribution in [2.24, 2.45) is 5.41 Å².